The topological polar surface area (TPSA) is 75.7 Å². The van der Waals surface area contributed by atoms with Gasteiger partial charge in [0.25, 0.3) is 0 Å². The number of nitrogens with one attached hydrogen (secondary N) is 1. The van der Waals surface area contributed by atoms with E-state index in [0.29, 0.717) is 48.9 Å². The van der Waals surface area contributed by atoms with E-state index in [9.17, 15) is 14.4 Å². The van der Waals surface area contributed by atoms with Crippen molar-refractivity contribution in [2.24, 2.45) is 0 Å². The van der Waals surface area contributed by atoms with E-state index in [0.717, 1.165) is 0 Å². The number of hydrogen-bond donors (Lipinski definition) is 1. The van der Waals surface area contributed by atoms with Gasteiger partial charge in [-0.3, -0.25) is 9.59 Å². The average molecular weight is 354 g/mol. The van der Waals surface area contributed by atoms with Crippen LogP contribution in [-0.4, -0.2) is 60.4 Å². The third kappa shape index (κ3) is 9.89. The van der Waals surface area contributed by atoms with Crippen LogP contribution >= 0.6 is 11.8 Å². The highest BCUT2D eigenvalue weighted by Gasteiger charge is 2.13. The Morgan fingerprint density at radius 2 is 1.79 bits per heavy atom. The molecule has 2 amide bonds. The lowest BCUT2D eigenvalue weighted by atomic mass is 10.3. The van der Waals surface area contributed by atoms with Crippen molar-refractivity contribution >= 4 is 29.5 Å². The molecule has 0 aliphatic heterocycles. The third-order valence-corrected chi connectivity index (χ3v) is 3.76. The average Bonchev–Trinajstić information content (AvgIpc) is 2.54. The third-order valence-electron chi connectivity index (χ3n) is 2.83. The molecule has 0 radical (unpaired) electrons. The lowest BCUT2D eigenvalue weighted by Gasteiger charge is -2.22. The monoisotopic (exact) mass is 354 g/mol. The molecule has 0 bridgehead atoms. The van der Waals surface area contributed by atoms with Crippen LogP contribution in [0.1, 0.15) is 13.8 Å². The standard InChI is InChI=1S/C17H26N2O4S/c1-6-15(20)18-7-8-19(16(21)13(2)3)9-11-24-12-10-23-17(22)14(4)5/h6H,1-2,4,7-12H2,3,5H3,(H,18,20). The maximum absolute atomic E-state index is 12.1. The van der Waals surface area contributed by atoms with Gasteiger partial charge in [0.2, 0.25) is 11.8 Å². The van der Waals surface area contributed by atoms with Gasteiger partial charge in [0, 0.05) is 42.3 Å². The Kier molecular flexibility index (Phi) is 11.4. The van der Waals surface area contributed by atoms with E-state index in [2.05, 4.69) is 25.1 Å². The molecule has 0 aromatic heterocycles. The molecule has 0 unspecified atom stereocenters. The summed E-state index contributed by atoms with van der Waals surface area (Å²) in [6.45, 7) is 15.4. The minimum absolute atomic E-state index is 0.142. The minimum atomic E-state index is -0.396. The number of ether oxygens (including phenoxy) is 1. The van der Waals surface area contributed by atoms with Crippen LogP contribution in [0.25, 0.3) is 0 Å². The summed E-state index contributed by atoms with van der Waals surface area (Å²) in [5.74, 6) is 0.525. The molecule has 6 nitrogen and oxygen atoms in total. The summed E-state index contributed by atoms with van der Waals surface area (Å²) in [7, 11) is 0. The van der Waals surface area contributed by atoms with E-state index in [1.54, 1.807) is 30.5 Å². The summed E-state index contributed by atoms with van der Waals surface area (Å²) in [4.78, 5) is 36.1. The summed E-state index contributed by atoms with van der Waals surface area (Å²) in [6.07, 6.45) is 1.19. The maximum Gasteiger partial charge on any atom is 0.333 e. The fraction of sp³-hybridized carbons (Fsp3) is 0.471. The highest BCUT2D eigenvalue weighted by atomic mass is 32.2. The Hall–Kier alpha value is -2.02. The van der Waals surface area contributed by atoms with Gasteiger partial charge in [0.05, 0.1) is 0 Å². The van der Waals surface area contributed by atoms with Gasteiger partial charge in [-0.1, -0.05) is 19.7 Å². The SMILES string of the molecule is C=CC(=O)NCCN(CCSCCOC(=O)C(=C)C)C(=O)C(=C)C. The molecule has 0 aliphatic rings. The summed E-state index contributed by atoms with van der Waals surface area (Å²) in [6, 6.07) is 0. The fourth-order valence-corrected chi connectivity index (χ4v) is 2.32. The van der Waals surface area contributed by atoms with Crippen molar-refractivity contribution in [3.63, 3.8) is 0 Å². The van der Waals surface area contributed by atoms with E-state index in [1.807, 2.05) is 0 Å². The van der Waals surface area contributed by atoms with E-state index in [4.69, 9.17) is 4.74 Å². The van der Waals surface area contributed by atoms with Crippen molar-refractivity contribution in [2.45, 2.75) is 13.8 Å². The van der Waals surface area contributed by atoms with Gasteiger partial charge in [-0.15, -0.1) is 0 Å². The first-order chi connectivity index (χ1) is 11.3. The molecule has 0 saturated carbocycles. The van der Waals surface area contributed by atoms with Gasteiger partial charge < -0.3 is 15.0 Å². The van der Waals surface area contributed by atoms with Crippen molar-refractivity contribution in [2.75, 3.05) is 37.7 Å². The van der Waals surface area contributed by atoms with Gasteiger partial charge in [-0.2, -0.15) is 11.8 Å². The Morgan fingerprint density at radius 3 is 2.33 bits per heavy atom. The second kappa shape index (κ2) is 12.4. The number of rotatable bonds is 12. The molecule has 0 rings (SSSR count). The lowest BCUT2D eigenvalue weighted by Crippen LogP contribution is -2.39. The van der Waals surface area contributed by atoms with Crippen LogP contribution in [0.5, 0.6) is 0 Å². The number of carbonyl (C=O) groups is 3. The molecule has 0 saturated heterocycles. The molecule has 0 spiro atoms. The highest BCUT2D eigenvalue weighted by molar-refractivity contribution is 7.99. The Bertz CT molecular complexity index is 503. The summed E-state index contributed by atoms with van der Waals surface area (Å²) in [5.41, 5.74) is 0.824. The van der Waals surface area contributed by atoms with Crippen LogP contribution < -0.4 is 5.32 Å². The second-order valence-corrected chi connectivity index (χ2v) is 6.32. The molecule has 0 aromatic rings. The summed E-state index contributed by atoms with van der Waals surface area (Å²) < 4.78 is 4.99. The first kappa shape index (κ1) is 22.0. The maximum atomic E-state index is 12.1. The van der Waals surface area contributed by atoms with Gasteiger partial charge in [-0.25, -0.2) is 4.79 Å². The van der Waals surface area contributed by atoms with E-state index in [1.165, 1.54) is 6.08 Å². The van der Waals surface area contributed by atoms with Crippen LogP contribution in [0.15, 0.2) is 37.0 Å². The summed E-state index contributed by atoms with van der Waals surface area (Å²) in [5, 5.41) is 2.64. The minimum Gasteiger partial charge on any atom is -0.461 e. The van der Waals surface area contributed by atoms with Crippen LogP contribution in [0.3, 0.4) is 0 Å². The quantitative estimate of drug-likeness (QED) is 0.327. The van der Waals surface area contributed by atoms with Crippen LogP contribution in [-0.2, 0) is 19.1 Å². The molecule has 0 fully saturated rings. The smallest absolute Gasteiger partial charge is 0.333 e. The molecular formula is C17H26N2O4S. The number of hydrogen-bond acceptors (Lipinski definition) is 5. The molecule has 134 valence electrons. The van der Waals surface area contributed by atoms with Crippen molar-refractivity contribution in [1.82, 2.24) is 10.2 Å². The van der Waals surface area contributed by atoms with Crippen molar-refractivity contribution in [1.29, 1.82) is 0 Å². The van der Waals surface area contributed by atoms with Crippen LogP contribution in [0.2, 0.25) is 0 Å². The lowest BCUT2D eigenvalue weighted by molar-refractivity contribution is -0.138. The Balaban J connectivity index is 4.13. The number of amides is 2. The van der Waals surface area contributed by atoms with Crippen molar-refractivity contribution < 1.29 is 19.1 Å². The number of thioether (sulfide) groups is 1. The first-order valence-electron chi connectivity index (χ1n) is 7.55. The van der Waals surface area contributed by atoms with Crippen molar-refractivity contribution in [3.05, 3.63) is 37.0 Å². The van der Waals surface area contributed by atoms with E-state index >= 15 is 0 Å². The van der Waals surface area contributed by atoms with E-state index in [-0.39, 0.29) is 11.8 Å². The van der Waals surface area contributed by atoms with Crippen LogP contribution in [0.4, 0.5) is 0 Å². The van der Waals surface area contributed by atoms with E-state index < -0.39 is 5.97 Å². The molecule has 0 atom stereocenters. The summed E-state index contributed by atoms with van der Waals surface area (Å²) >= 11 is 1.57. The number of esters is 1. The molecule has 24 heavy (non-hydrogen) atoms. The Morgan fingerprint density at radius 1 is 1.12 bits per heavy atom. The predicted octanol–water partition coefficient (Wildman–Crippen LogP) is 1.55. The zero-order valence-corrected chi connectivity index (χ0v) is 15.2. The Labute approximate surface area is 148 Å². The number of nitrogens with zero attached hydrogens (tertiary/aromatic N) is 1. The second-order valence-electron chi connectivity index (χ2n) is 5.10. The van der Waals surface area contributed by atoms with Crippen LogP contribution in [0, 0.1) is 0 Å². The van der Waals surface area contributed by atoms with Gasteiger partial charge in [0.1, 0.15) is 6.61 Å². The molecule has 0 aliphatic carbocycles. The first-order valence-corrected chi connectivity index (χ1v) is 8.70. The normalized spacial score (nSPS) is 9.75. The molecule has 7 heteroatoms. The van der Waals surface area contributed by atoms with Gasteiger partial charge in [0.15, 0.2) is 0 Å². The zero-order chi connectivity index (χ0) is 18.5. The van der Waals surface area contributed by atoms with Gasteiger partial charge >= 0.3 is 5.97 Å². The van der Waals surface area contributed by atoms with Gasteiger partial charge in [-0.05, 0) is 19.9 Å². The molecular weight excluding hydrogens is 328 g/mol. The molecule has 0 aromatic carbocycles. The molecule has 1 N–H and O–H groups in total. The largest absolute Gasteiger partial charge is 0.461 e. The highest BCUT2D eigenvalue weighted by Crippen LogP contribution is 2.05. The number of carbonyl (C=O) groups excluding carboxylic acids is 3. The zero-order valence-electron chi connectivity index (χ0n) is 14.4. The molecule has 0 heterocycles. The van der Waals surface area contributed by atoms with Crippen molar-refractivity contribution in [3.8, 4) is 0 Å². The predicted molar refractivity (Wildman–Crippen MR) is 97.7 cm³/mol. The fourth-order valence-electron chi connectivity index (χ4n) is 1.56.